The van der Waals surface area contributed by atoms with Gasteiger partial charge in [0.15, 0.2) is 0 Å². The van der Waals surface area contributed by atoms with Crippen molar-refractivity contribution in [2.24, 2.45) is 0 Å². The summed E-state index contributed by atoms with van der Waals surface area (Å²) in [4.78, 5) is 2.58. The summed E-state index contributed by atoms with van der Waals surface area (Å²) in [5, 5.41) is 2.63. The molecule has 1 atom stereocenters. The molecule has 0 radical (unpaired) electrons. The molecule has 0 N–H and O–H groups in total. The smallest absolute Gasteiger partial charge is 0.0718 e. The normalized spacial score (nSPS) is 12.7. The Kier molecular flexibility index (Phi) is 3.58. The van der Waals surface area contributed by atoms with Crippen LogP contribution < -0.4 is 0 Å². The van der Waals surface area contributed by atoms with Crippen LogP contribution in [0.3, 0.4) is 0 Å². The predicted octanol–water partition coefficient (Wildman–Crippen LogP) is 5.73. The Balaban J connectivity index is 1.84. The number of hydrogen-bond acceptors (Lipinski definition) is 1. The van der Waals surface area contributed by atoms with Gasteiger partial charge in [-0.25, -0.2) is 0 Å². The monoisotopic (exact) mass is 286 g/mol. The van der Waals surface area contributed by atoms with Crippen molar-refractivity contribution in [2.75, 3.05) is 0 Å². The van der Waals surface area contributed by atoms with E-state index in [0.717, 1.165) is 6.42 Å². The molecule has 0 spiro atoms. The topological polar surface area (TPSA) is 0 Å². The van der Waals surface area contributed by atoms with Gasteiger partial charge >= 0.3 is 0 Å². The molecule has 1 unspecified atom stereocenters. The average molecular weight is 287 g/mol. The van der Waals surface area contributed by atoms with E-state index in [0.29, 0.717) is 0 Å². The van der Waals surface area contributed by atoms with Crippen molar-refractivity contribution in [1.82, 2.24) is 0 Å². The minimum absolute atomic E-state index is 0.0693. The predicted molar refractivity (Wildman–Crippen MR) is 85.3 cm³/mol. The first-order valence-electron chi connectivity index (χ1n) is 6.40. The van der Waals surface area contributed by atoms with Crippen LogP contribution in [0.2, 0.25) is 0 Å². The van der Waals surface area contributed by atoms with Gasteiger partial charge in [-0.1, -0.05) is 42.5 Å². The van der Waals surface area contributed by atoms with E-state index >= 15 is 0 Å². The maximum absolute atomic E-state index is 6.52. The third kappa shape index (κ3) is 2.83. The Morgan fingerprint density at radius 1 is 1.00 bits per heavy atom. The number of alkyl halides is 1. The van der Waals surface area contributed by atoms with Crippen molar-refractivity contribution in [3.05, 3.63) is 69.9 Å². The number of halogens is 1. The Labute approximate surface area is 122 Å². The molecule has 2 aromatic carbocycles. The fourth-order valence-electron chi connectivity index (χ4n) is 2.30. The van der Waals surface area contributed by atoms with E-state index in [9.17, 15) is 0 Å². The maximum Gasteiger partial charge on any atom is 0.0718 e. The number of fused-ring (bicyclic) bond motifs is 1. The van der Waals surface area contributed by atoms with Crippen LogP contribution in [0.5, 0.6) is 0 Å². The second-order valence-electron chi connectivity index (χ2n) is 4.80. The van der Waals surface area contributed by atoms with Gasteiger partial charge in [-0.2, -0.15) is 0 Å². The summed E-state index contributed by atoms with van der Waals surface area (Å²) in [6, 6.07) is 19.3. The molecule has 3 aromatic rings. The number of rotatable bonds is 3. The summed E-state index contributed by atoms with van der Waals surface area (Å²) >= 11 is 8.30. The van der Waals surface area contributed by atoms with E-state index in [1.807, 2.05) is 0 Å². The largest absolute Gasteiger partial charge is 0.144 e. The van der Waals surface area contributed by atoms with E-state index in [1.165, 1.54) is 26.1 Å². The third-order valence-corrected chi connectivity index (χ3v) is 4.93. The molecule has 0 aliphatic rings. The number of hydrogen-bond donors (Lipinski definition) is 0. The molecular weight excluding hydrogens is 272 g/mol. The van der Waals surface area contributed by atoms with Gasteiger partial charge in [-0.3, -0.25) is 0 Å². The summed E-state index contributed by atoms with van der Waals surface area (Å²) < 4.78 is 0. The second-order valence-corrected chi connectivity index (χ2v) is 6.65. The molecule has 0 saturated heterocycles. The van der Waals surface area contributed by atoms with E-state index in [1.54, 1.807) is 11.3 Å². The van der Waals surface area contributed by atoms with Gasteiger partial charge in [0.2, 0.25) is 0 Å². The molecule has 0 amide bonds. The summed E-state index contributed by atoms with van der Waals surface area (Å²) in [5.41, 5.74) is 1.30. The van der Waals surface area contributed by atoms with E-state index < -0.39 is 0 Å². The number of thiophene rings is 1. The zero-order valence-electron chi connectivity index (χ0n) is 10.8. The van der Waals surface area contributed by atoms with Crippen LogP contribution in [0.25, 0.3) is 10.8 Å². The van der Waals surface area contributed by atoms with Crippen LogP contribution in [0.15, 0.2) is 54.6 Å². The van der Waals surface area contributed by atoms with Crippen molar-refractivity contribution < 1.29 is 0 Å². The van der Waals surface area contributed by atoms with Gasteiger partial charge in [0.05, 0.1) is 5.38 Å². The van der Waals surface area contributed by atoms with Crippen LogP contribution in [-0.4, -0.2) is 0 Å². The van der Waals surface area contributed by atoms with E-state index in [-0.39, 0.29) is 5.38 Å². The fraction of sp³-hybridized carbons (Fsp3) is 0.176. The van der Waals surface area contributed by atoms with Crippen LogP contribution in [0.4, 0.5) is 0 Å². The maximum atomic E-state index is 6.52. The van der Waals surface area contributed by atoms with Crippen LogP contribution in [0.1, 0.15) is 20.7 Å². The molecule has 0 nitrogen and oxygen atoms in total. The third-order valence-electron chi connectivity index (χ3n) is 3.30. The lowest BCUT2D eigenvalue weighted by Crippen LogP contribution is -1.93. The molecule has 2 heteroatoms. The highest BCUT2D eigenvalue weighted by Crippen LogP contribution is 2.31. The van der Waals surface area contributed by atoms with Crippen molar-refractivity contribution >= 4 is 33.7 Å². The highest BCUT2D eigenvalue weighted by Gasteiger charge is 2.11. The van der Waals surface area contributed by atoms with Gasteiger partial charge in [0.25, 0.3) is 0 Å². The first kappa shape index (κ1) is 12.7. The zero-order valence-corrected chi connectivity index (χ0v) is 12.3. The van der Waals surface area contributed by atoms with Gasteiger partial charge < -0.3 is 0 Å². The van der Waals surface area contributed by atoms with Crippen LogP contribution >= 0.6 is 22.9 Å². The molecule has 0 aliphatic carbocycles. The zero-order chi connectivity index (χ0) is 13.2. The van der Waals surface area contributed by atoms with Gasteiger partial charge in [0, 0.05) is 9.75 Å². The van der Waals surface area contributed by atoms with E-state index in [4.69, 9.17) is 11.6 Å². The lowest BCUT2D eigenvalue weighted by molar-refractivity contribution is 0.942. The van der Waals surface area contributed by atoms with Crippen molar-refractivity contribution in [3.63, 3.8) is 0 Å². The lowest BCUT2D eigenvalue weighted by Gasteiger charge is -2.08. The van der Waals surface area contributed by atoms with Crippen LogP contribution in [0, 0.1) is 6.92 Å². The quantitative estimate of drug-likeness (QED) is 0.539. The Bertz CT molecular complexity index is 699. The number of benzene rings is 2. The SMILES string of the molecule is Cc1ccc(C(Cl)Cc2ccc3ccccc3c2)s1. The fourth-order valence-corrected chi connectivity index (χ4v) is 3.53. The minimum atomic E-state index is 0.0693. The molecule has 0 bridgehead atoms. The highest BCUT2D eigenvalue weighted by atomic mass is 35.5. The molecule has 0 saturated carbocycles. The summed E-state index contributed by atoms with van der Waals surface area (Å²) in [6.07, 6.45) is 0.881. The van der Waals surface area contributed by atoms with Gasteiger partial charge in [-0.15, -0.1) is 22.9 Å². The summed E-state index contributed by atoms with van der Waals surface area (Å²) in [6.45, 7) is 2.12. The van der Waals surface area contributed by atoms with E-state index in [2.05, 4.69) is 61.5 Å². The summed E-state index contributed by atoms with van der Waals surface area (Å²) in [5.74, 6) is 0. The Morgan fingerprint density at radius 3 is 2.53 bits per heavy atom. The molecule has 3 rings (SSSR count). The standard InChI is InChI=1S/C17H15ClS/c1-12-6-9-17(19-12)16(18)11-13-7-8-14-4-2-3-5-15(14)10-13/h2-10,16H,11H2,1H3. The Hall–Kier alpha value is -1.31. The molecule has 96 valence electrons. The Morgan fingerprint density at radius 2 is 1.79 bits per heavy atom. The molecule has 0 fully saturated rings. The molecule has 0 aliphatic heterocycles. The lowest BCUT2D eigenvalue weighted by atomic mass is 10.0. The van der Waals surface area contributed by atoms with Gasteiger partial charge in [-0.05, 0) is 41.8 Å². The first-order chi connectivity index (χ1) is 9.22. The molecule has 19 heavy (non-hydrogen) atoms. The van der Waals surface area contributed by atoms with Crippen molar-refractivity contribution in [2.45, 2.75) is 18.7 Å². The highest BCUT2D eigenvalue weighted by molar-refractivity contribution is 7.12. The summed E-state index contributed by atoms with van der Waals surface area (Å²) in [7, 11) is 0. The molecule has 1 aromatic heterocycles. The molecular formula is C17H15ClS. The molecule has 1 heterocycles. The van der Waals surface area contributed by atoms with Crippen LogP contribution in [-0.2, 0) is 6.42 Å². The average Bonchev–Trinajstić information content (AvgIpc) is 2.85. The van der Waals surface area contributed by atoms with Gasteiger partial charge in [0.1, 0.15) is 0 Å². The minimum Gasteiger partial charge on any atom is -0.144 e. The first-order valence-corrected chi connectivity index (χ1v) is 7.66. The van der Waals surface area contributed by atoms with Crippen molar-refractivity contribution in [1.29, 1.82) is 0 Å². The second kappa shape index (κ2) is 5.36. The number of aryl methyl sites for hydroxylation is 1. The van der Waals surface area contributed by atoms with Crippen molar-refractivity contribution in [3.8, 4) is 0 Å².